The maximum Gasteiger partial charge on any atom is 0.0724 e. The van der Waals surface area contributed by atoms with Crippen LogP contribution in [-0.2, 0) is 11.2 Å². The molecule has 2 aliphatic rings. The Labute approximate surface area is 176 Å². The molecule has 2 saturated heterocycles. The highest BCUT2D eigenvalue weighted by Gasteiger charge is 2.41. The highest BCUT2D eigenvalue weighted by molar-refractivity contribution is 5.21. The summed E-state index contributed by atoms with van der Waals surface area (Å²) < 4.78 is 6.19. The van der Waals surface area contributed by atoms with Gasteiger partial charge in [0.25, 0.3) is 0 Å². The van der Waals surface area contributed by atoms with E-state index in [0.29, 0.717) is 24.0 Å². The molecule has 2 fully saturated rings. The number of benzene rings is 1. The molecule has 3 nitrogen and oxygen atoms in total. The largest absolute Gasteiger partial charge is 0.396 e. The lowest BCUT2D eigenvalue weighted by Gasteiger charge is -2.35. The summed E-state index contributed by atoms with van der Waals surface area (Å²) in [7, 11) is 0. The van der Waals surface area contributed by atoms with Gasteiger partial charge in [-0.15, -0.1) is 0 Å². The van der Waals surface area contributed by atoms with E-state index in [1.165, 1.54) is 24.0 Å². The van der Waals surface area contributed by atoms with Gasteiger partial charge in [0.05, 0.1) is 18.3 Å². The van der Waals surface area contributed by atoms with Crippen molar-refractivity contribution >= 4 is 0 Å². The molecule has 1 aromatic carbocycles. The van der Waals surface area contributed by atoms with Gasteiger partial charge in [0, 0.05) is 6.61 Å². The third-order valence-corrected chi connectivity index (χ3v) is 6.49. The molecule has 3 rings (SSSR count). The molecule has 3 heteroatoms. The van der Waals surface area contributed by atoms with Gasteiger partial charge in [0.2, 0.25) is 0 Å². The van der Waals surface area contributed by atoms with Crippen LogP contribution in [0.1, 0.15) is 62.5 Å². The summed E-state index contributed by atoms with van der Waals surface area (Å²) in [6.45, 7) is 2.38. The predicted octanol–water partition coefficient (Wildman–Crippen LogP) is 5.14. The molecule has 2 bridgehead atoms. The minimum Gasteiger partial charge on any atom is -0.396 e. The van der Waals surface area contributed by atoms with Gasteiger partial charge in [0.1, 0.15) is 0 Å². The van der Waals surface area contributed by atoms with Crippen molar-refractivity contribution in [1.82, 2.24) is 0 Å². The van der Waals surface area contributed by atoms with Crippen LogP contribution in [0.5, 0.6) is 0 Å². The zero-order chi connectivity index (χ0) is 20.5. The molecule has 0 amide bonds. The molecule has 160 valence electrons. The van der Waals surface area contributed by atoms with Gasteiger partial charge in [0.15, 0.2) is 0 Å². The fourth-order valence-electron chi connectivity index (χ4n) is 4.71. The van der Waals surface area contributed by atoms with Crippen LogP contribution < -0.4 is 0 Å². The average molecular weight is 399 g/mol. The molecule has 0 saturated carbocycles. The van der Waals surface area contributed by atoms with Gasteiger partial charge in [-0.2, -0.15) is 0 Å². The minimum absolute atomic E-state index is 0.285. The van der Waals surface area contributed by atoms with E-state index in [1.54, 1.807) is 0 Å². The van der Waals surface area contributed by atoms with Crippen molar-refractivity contribution in [3.05, 3.63) is 59.7 Å². The third-order valence-electron chi connectivity index (χ3n) is 6.49. The maximum atomic E-state index is 10.5. The summed E-state index contributed by atoms with van der Waals surface area (Å²) in [4.78, 5) is 0. The Morgan fingerprint density at radius 3 is 2.76 bits per heavy atom. The van der Waals surface area contributed by atoms with E-state index in [-0.39, 0.29) is 12.7 Å². The van der Waals surface area contributed by atoms with E-state index in [2.05, 4.69) is 49.4 Å². The number of fused-ring (bicyclic) bond motifs is 2. The van der Waals surface area contributed by atoms with Crippen LogP contribution in [-0.4, -0.2) is 35.1 Å². The molecule has 0 aromatic heterocycles. The van der Waals surface area contributed by atoms with Crippen molar-refractivity contribution in [3.63, 3.8) is 0 Å². The molecule has 0 radical (unpaired) electrons. The number of ether oxygens (including phenoxy) is 1. The zero-order valence-electron chi connectivity index (χ0n) is 17.9. The van der Waals surface area contributed by atoms with Crippen molar-refractivity contribution < 1.29 is 14.9 Å². The molecular formula is C26H38O3. The molecule has 1 unspecified atom stereocenters. The molecule has 2 N–H and O–H groups in total. The van der Waals surface area contributed by atoms with Crippen molar-refractivity contribution in [2.45, 2.75) is 83.0 Å². The first kappa shape index (κ1) is 22.3. The molecule has 29 heavy (non-hydrogen) atoms. The number of aliphatic hydroxyl groups is 2. The van der Waals surface area contributed by atoms with Crippen LogP contribution in [0.25, 0.3) is 0 Å². The molecule has 2 heterocycles. The monoisotopic (exact) mass is 398 g/mol. The fourth-order valence-corrected chi connectivity index (χ4v) is 4.71. The van der Waals surface area contributed by atoms with E-state index in [4.69, 9.17) is 9.84 Å². The first-order valence-corrected chi connectivity index (χ1v) is 11.5. The highest BCUT2D eigenvalue weighted by Crippen LogP contribution is 2.42. The van der Waals surface area contributed by atoms with E-state index in [1.807, 2.05) is 6.08 Å². The predicted molar refractivity (Wildman–Crippen MR) is 119 cm³/mol. The second-order valence-corrected chi connectivity index (χ2v) is 8.84. The van der Waals surface area contributed by atoms with Gasteiger partial charge in [-0.1, -0.05) is 54.1 Å². The second kappa shape index (κ2) is 11.7. The summed E-state index contributed by atoms with van der Waals surface area (Å²) in [5.74, 6) is 1.01. The van der Waals surface area contributed by atoms with Gasteiger partial charge in [-0.25, -0.2) is 0 Å². The molecule has 1 aromatic rings. The normalized spacial score (nSPS) is 27.8. The molecule has 5 atom stereocenters. The maximum absolute atomic E-state index is 10.5. The zero-order valence-corrected chi connectivity index (χ0v) is 17.9. The van der Waals surface area contributed by atoms with Crippen LogP contribution in [0.3, 0.4) is 0 Å². The Kier molecular flexibility index (Phi) is 8.97. The topological polar surface area (TPSA) is 49.7 Å². The van der Waals surface area contributed by atoms with Crippen LogP contribution >= 0.6 is 0 Å². The molecule has 0 spiro atoms. The van der Waals surface area contributed by atoms with Gasteiger partial charge < -0.3 is 14.9 Å². The summed E-state index contributed by atoms with van der Waals surface area (Å²) in [5, 5.41) is 19.4. The van der Waals surface area contributed by atoms with E-state index < -0.39 is 0 Å². The number of hydrogen-bond acceptors (Lipinski definition) is 3. The number of allylic oxidation sites excluding steroid dienone is 3. The Morgan fingerprint density at radius 2 is 1.97 bits per heavy atom. The van der Waals surface area contributed by atoms with Gasteiger partial charge >= 0.3 is 0 Å². The number of rotatable bonds is 11. The lowest BCUT2D eigenvalue weighted by molar-refractivity contribution is -0.0504. The number of aliphatic hydroxyl groups excluding tert-OH is 2. The van der Waals surface area contributed by atoms with Crippen LogP contribution in [0.4, 0.5) is 0 Å². The number of hydrogen-bond donors (Lipinski definition) is 2. The summed E-state index contributed by atoms with van der Waals surface area (Å²) >= 11 is 0. The SMILES string of the molecule is Cc1ccc(CC[C@H](O)C=CC2C[C@H]3CC[C@@H](O3)[C@@H]2CC=CCCCCO)cc1. The van der Waals surface area contributed by atoms with Gasteiger partial charge in [-0.05, 0) is 82.1 Å². The smallest absolute Gasteiger partial charge is 0.0724 e. The Hall–Kier alpha value is -1.42. The van der Waals surface area contributed by atoms with Crippen molar-refractivity contribution in [2.75, 3.05) is 6.61 Å². The highest BCUT2D eigenvalue weighted by atomic mass is 16.5. The summed E-state index contributed by atoms with van der Waals surface area (Å²) in [6, 6.07) is 8.59. The Morgan fingerprint density at radius 1 is 1.14 bits per heavy atom. The minimum atomic E-state index is -0.383. The quantitative estimate of drug-likeness (QED) is 0.401. The fraction of sp³-hybridized carbons (Fsp3) is 0.615. The molecule has 2 aliphatic heterocycles. The summed E-state index contributed by atoms with van der Waals surface area (Å²) in [6.07, 6.45) is 18.4. The van der Waals surface area contributed by atoms with Crippen molar-refractivity contribution in [2.24, 2.45) is 11.8 Å². The second-order valence-electron chi connectivity index (χ2n) is 8.84. The summed E-state index contributed by atoms with van der Waals surface area (Å²) in [5.41, 5.74) is 2.56. The molecular weight excluding hydrogens is 360 g/mol. The van der Waals surface area contributed by atoms with Gasteiger partial charge in [-0.3, -0.25) is 0 Å². The van der Waals surface area contributed by atoms with E-state index in [9.17, 15) is 5.11 Å². The standard InChI is InChI=1S/C26H38O3/c1-20-8-10-21(11-9-20)12-14-23(28)15-13-22-19-24-16-17-26(29-24)25(22)7-5-3-2-4-6-18-27/h3,5,8-11,13,15,22-28H,2,4,6-7,12,14,16-19H2,1H3/t22?,23-,24+,25+,26+/m0/s1. The van der Waals surface area contributed by atoms with Crippen LogP contribution in [0.2, 0.25) is 0 Å². The first-order valence-electron chi connectivity index (χ1n) is 11.5. The van der Waals surface area contributed by atoms with E-state index in [0.717, 1.165) is 44.9 Å². The van der Waals surface area contributed by atoms with Crippen molar-refractivity contribution in [3.8, 4) is 0 Å². The average Bonchev–Trinajstić information content (AvgIpc) is 3.12. The molecule has 0 aliphatic carbocycles. The number of unbranched alkanes of at least 4 members (excludes halogenated alkanes) is 2. The lowest BCUT2D eigenvalue weighted by atomic mass is 9.81. The lowest BCUT2D eigenvalue weighted by Crippen LogP contribution is -2.34. The van der Waals surface area contributed by atoms with Crippen LogP contribution in [0, 0.1) is 18.8 Å². The van der Waals surface area contributed by atoms with Crippen LogP contribution in [0.15, 0.2) is 48.6 Å². The number of aryl methyl sites for hydroxylation is 2. The van der Waals surface area contributed by atoms with E-state index >= 15 is 0 Å². The Bertz CT molecular complexity index is 648. The van der Waals surface area contributed by atoms with Crippen molar-refractivity contribution in [1.29, 1.82) is 0 Å². The third kappa shape index (κ3) is 7.09. The Balaban J connectivity index is 1.49. The first-order chi connectivity index (χ1) is 14.2.